The third-order valence-corrected chi connectivity index (χ3v) is 4.42. The lowest BCUT2D eigenvalue weighted by atomic mass is 10.1. The number of aryl methyl sites for hydroxylation is 2. The van der Waals surface area contributed by atoms with Crippen LogP contribution in [0.5, 0.6) is 0 Å². The summed E-state index contributed by atoms with van der Waals surface area (Å²) in [5.74, 6) is -17.0. The van der Waals surface area contributed by atoms with Gasteiger partial charge in [0.1, 0.15) is 18.4 Å². The van der Waals surface area contributed by atoms with Gasteiger partial charge in [-0.2, -0.15) is 30.7 Å². The van der Waals surface area contributed by atoms with Crippen LogP contribution >= 0.6 is 0 Å². The van der Waals surface area contributed by atoms with E-state index in [-0.39, 0.29) is 5.97 Å². The van der Waals surface area contributed by atoms with E-state index in [0.29, 0.717) is 12.2 Å². The zero-order valence-electron chi connectivity index (χ0n) is 19.0. The number of nitrogens with zero attached hydrogens (tertiary/aromatic N) is 2. The lowest BCUT2D eigenvalue weighted by molar-refractivity contribution is -0.696. The number of imidazole rings is 1. The maximum atomic E-state index is 11.7. The quantitative estimate of drug-likeness (QED) is 0.134. The van der Waals surface area contributed by atoms with Gasteiger partial charge in [-0.25, -0.2) is 13.9 Å². The van der Waals surface area contributed by atoms with Crippen LogP contribution in [0.25, 0.3) is 0 Å². The van der Waals surface area contributed by atoms with Crippen molar-refractivity contribution >= 4 is 11.9 Å². The van der Waals surface area contributed by atoms with Crippen molar-refractivity contribution in [3.63, 3.8) is 0 Å². The molecule has 0 bridgehead atoms. The minimum absolute atomic E-state index is 0.279. The van der Waals surface area contributed by atoms with E-state index in [1.165, 1.54) is 12.8 Å². The number of ether oxygens (including phenoxy) is 1. The van der Waals surface area contributed by atoms with Crippen molar-refractivity contribution in [2.24, 2.45) is 0 Å². The molecular formula is C21H29F7N2O4. The summed E-state index contributed by atoms with van der Waals surface area (Å²) in [4.78, 5) is 20.4. The third-order valence-electron chi connectivity index (χ3n) is 4.42. The third kappa shape index (κ3) is 10.1. The predicted molar refractivity (Wildman–Crippen MR) is 105 cm³/mol. The standard InChI is InChI=1S/C17H29N2O2.C4HF7O2/c1-4-5-10-18-12-13-19(15-18)11-8-6-7-9-14-21-17(20)16(2)3;5-2(6,1(12)13)3(7,8)4(9,10)11/h12-13,15H,2,4-11,14H2,1,3H3;(H,12,13)/q+1;/p-1. The molecule has 0 saturated heterocycles. The van der Waals surface area contributed by atoms with E-state index in [2.05, 4.69) is 41.4 Å². The average molecular weight is 506 g/mol. The first-order valence-electron chi connectivity index (χ1n) is 10.5. The molecule has 0 aromatic carbocycles. The molecule has 0 amide bonds. The number of hydrogen-bond acceptors (Lipinski definition) is 4. The Kier molecular flexibility index (Phi) is 12.9. The molecule has 1 rings (SSSR count). The molecule has 0 aliphatic carbocycles. The van der Waals surface area contributed by atoms with Crippen LogP contribution in [-0.4, -0.2) is 41.1 Å². The molecule has 1 aromatic rings. The van der Waals surface area contributed by atoms with Gasteiger partial charge in [0, 0.05) is 5.57 Å². The Bertz CT molecular complexity index is 792. The summed E-state index contributed by atoms with van der Waals surface area (Å²) in [6, 6.07) is 0. The Labute approximate surface area is 193 Å². The highest BCUT2D eigenvalue weighted by atomic mass is 19.4. The number of carbonyl (C=O) groups excluding carboxylic acids is 2. The van der Waals surface area contributed by atoms with E-state index in [0.717, 1.165) is 38.8 Å². The average Bonchev–Trinajstić information content (AvgIpc) is 3.18. The second-order valence-electron chi connectivity index (χ2n) is 7.51. The van der Waals surface area contributed by atoms with Crippen molar-refractivity contribution in [2.45, 2.75) is 83.5 Å². The molecule has 0 radical (unpaired) electrons. The molecule has 0 N–H and O–H groups in total. The number of aromatic nitrogens is 2. The molecule has 0 spiro atoms. The van der Waals surface area contributed by atoms with Gasteiger partial charge >= 0.3 is 24.0 Å². The van der Waals surface area contributed by atoms with E-state index >= 15 is 0 Å². The number of alkyl halides is 7. The first-order chi connectivity index (χ1) is 15.6. The normalized spacial score (nSPS) is 12.0. The van der Waals surface area contributed by atoms with Gasteiger partial charge in [-0.1, -0.05) is 19.9 Å². The first kappa shape index (κ1) is 31.4. The van der Waals surface area contributed by atoms with Gasteiger partial charge in [0.15, 0.2) is 0 Å². The molecule has 6 nitrogen and oxygen atoms in total. The first-order valence-corrected chi connectivity index (χ1v) is 10.5. The fraction of sp³-hybridized carbons (Fsp3) is 0.667. The van der Waals surface area contributed by atoms with E-state index in [4.69, 9.17) is 4.74 Å². The second kappa shape index (κ2) is 14.0. The summed E-state index contributed by atoms with van der Waals surface area (Å²) in [6.07, 6.45) is 6.65. The SMILES string of the molecule is C=C(C)C(=O)OCCCCCC[n+]1ccn(CCCC)c1.O=C([O-])C(F)(F)C(F)(F)C(F)(F)F. The molecule has 13 heteroatoms. The van der Waals surface area contributed by atoms with Crippen LogP contribution in [-0.2, 0) is 27.4 Å². The maximum Gasteiger partial charge on any atom is 0.460 e. The number of hydrogen-bond donors (Lipinski definition) is 0. The highest BCUT2D eigenvalue weighted by Crippen LogP contribution is 2.46. The lowest BCUT2D eigenvalue weighted by Gasteiger charge is -2.28. The number of halogens is 7. The van der Waals surface area contributed by atoms with Crippen LogP contribution in [0.2, 0.25) is 0 Å². The van der Waals surface area contributed by atoms with Gasteiger partial charge < -0.3 is 14.6 Å². The van der Waals surface area contributed by atoms with E-state index < -0.39 is 24.0 Å². The summed E-state index contributed by atoms with van der Waals surface area (Å²) in [7, 11) is 0. The highest BCUT2D eigenvalue weighted by Gasteiger charge is 2.73. The van der Waals surface area contributed by atoms with Crippen molar-refractivity contribution in [1.29, 1.82) is 0 Å². The van der Waals surface area contributed by atoms with Crippen LogP contribution in [0.3, 0.4) is 0 Å². The molecular weight excluding hydrogens is 477 g/mol. The Balaban J connectivity index is 0.000000722. The van der Waals surface area contributed by atoms with Crippen LogP contribution in [0.15, 0.2) is 30.9 Å². The number of rotatable bonds is 13. The smallest absolute Gasteiger partial charge is 0.460 e. The summed E-state index contributed by atoms with van der Waals surface area (Å²) >= 11 is 0. The van der Waals surface area contributed by atoms with Gasteiger partial charge in [-0.3, -0.25) is 0 Å². The Morgan fingerprint density at radius 2 is 1.62 bits per heavy atom. The zero-order chi connectivity index (χ0) is 26.6. The summed E-state index contributed by atoms with van der Waals surface area (Å²) in [5.41, 5.74) is 0.471. The van der Waals surface area contributed by atoms with E-state index in [1.807, 2.05) is 0 Å². The number of esters is 1. The fourth-order valence-corrected chi connectivity index (χ4v) is 2.39. The van der Waals surface area contributed by atoms with Crippen molar-refractivity contribution in [2.75, 3.05) is 6.61 Å². The number of carboxylic acids is 1. The van der Waals surface area contributed by atoms with E-state index in [1.54, 1.807) is 6.92 Å². The molecule has 1 aromatic heterocycles. The van der Waals surface area contributed by atoms with Crippen molar-refractivity contribution in [3.05, 3.63) is 30.9 Å². The molecule has 1 heterocycles. The van der Waals surface area contributed by atoms with Crippen molar-refractivity contribution in [3.8, 4) is 0 Å². The Hall–Kier alpha value is -2.60. The second-order valence-corrected chi connectivity index (χ2v) is 7.51. The molecule has 0 aliphatic rings. The number of unbranched alkanes of at least 4 members (excludes halogenated alkanes) is 4. The maximum absolute atomic E-state index is 11.7. The van der Waals surface area contributed by atoms with Crippen molar-refractivity contribution < 1.29 is 54.7 Å². The van der Waals surface area contributed by atoms with E-state index in [9.17, 15) is 45.4 Å². The highest BCUT2D eigenvalue weighted by molar-refractivity contribution is 5.86. The number of carboxylic acid groups (broad SMARTS) is 1. The van der Waals surface area contributed by atoms with Crippen LogP contribution in [0, 0.1) is 0 Å². The van der Waals surface area contributed by atoms with Crippen LogP contribution < -0.4 is 9.67 Å². The topological polar surface area (TPSA) is 75.2 Å². The minimum atomic E-state index is -6.64. The fourth-order valence-electron chi connectivity index (χ4n) is 2.39. The zero-order valence-corrected chi connectivity index (χ0v) is 19.0. The molecule has 0 fully saturated rings. The monoisotopic (exact) mass is 506 g/mol. The Morgan fingerprint density at radius 1 is 1.03 bits per heavy atom. The molecule has 34 heavy (non-hydrogen) atoms. The lowest BCUT2D eigenvalue weighted by Crippen LogP contribution is -2.60. The summed E-state index contributed by atoms with van der Waals surface area (Å²) in [6.45, 7) is 10.1. The molecule has 0 unspecified atom stereocenters. The van der Waals surface area contributed by atoms with Gasteiger partial charge in [0.2, 0.25) is 6.33 Å². The predicted octanol–water partition coefficient (Wildman–Crippen LogP) is 3.82. The van der Waals surface area contributed by atoms with Crippen molar-refractivity contribution in [1.82, 2.24) is 4.57 Å². The minimum Gasteiger partial charge on any atom is -0.544 e. The summed E-state index contributed by atoms with van der Waals surface area (Å²) in [5, 5.41) is 9.27. The number of carbonyl (C=O) groups is 2. The van der Waals surface area contributed by atoms with Crippen LogP contribution in [0.4, 0.5) is 30.7 Å². The molecule has 0 atom stereocenters. The van der Waals surface area contributed by atoms with Gasteiger partial charge in [-0.15, -0.1) is 0 Å². The van der Waals surface area contributed by atoms with Crippen LogP contribution in [0.1, 0.15) is 52.4 Å². The molecule has 0 saturated carbocycles. The van der Waals surface area contributed by atoms with Gasteiger partial charge in [0.25, 0.3) is 0 Å². The Morgan fingerprint density at radius 3 is 2.09 bits per heavy atom. The van der Waals surface area contributed by atoms with Gasteiger partial charge in [0.05, 0.1) is 19.7 Å². The molecule has 0 aliphatic heterocycles. The van der Waals surface area contributed by atoms with Gasteiger partial charge in [-0.05, 0) is 39.0 Å². The molecule has 196 valence electrons. The summed E-state index contributed by atoms with van der Waals surface area (Å²) < 4.78 is 89.8. The largest absolute Gasteiger partial charge is 0.544 e. The number of aliphatic carboxylic acids is 1.